The van der Waals surface area contributed by atoms with Crippen LogP contribution in [0, 0.1) is 0 Å². The van der Waals surface area contributed by atoms with Gasteiger partial charge in [0.25, 0.3) is 0 Å². The van der Waals surface area contributed by atoms with Crippen molar-refractivity contribution in [1.29, 1.82) is 0 Å². The Morgan fingerprint density at radius 1 is 1.35 bits per heavy atom. The quantitative estimate of drug-likeness (QED) is 0.783. The Kier molecular flexibility index (Phi) is 3.02. The Morgan fingerprint density at radius 2 is 2.15 bits per heavy atom. The second kappa shape index (κ2) is 4.72. The Balaban J connectivity index is 2.38. The van der Waals surface area contributed by atoms with Crippen LogP contribution in [0.2, 0.25) is 0 Å². The van der Waals surface area contributed by atoms with Gasteiger partial charge >= 0.3 is 5.97 Å². The molecule has 2 aromatic heterocycles. The van der Waals surface area contributed by atoms with Crippen LogP contribution in [0.3, 0.4) is 0 Å². The minimum atomic E-state index is -0.979. The van der Waals surface area contributed by atoms with E-state index in [0.29, 0.717) is 16.6 Å². The first-order valence-corrected chi connectivity index (χ1v) is 6.68. The lowest BCUT2D eigenvalue weighted by Crippen LogP contribution is -2.02. The summed E-state index contributed by atoms with van der Waals surface area (Å²) in [6, 6.07) is 8.81. The van der Waals surface area contributed by atoms with Gasteiger partial charge in [-0.25, -0.2) is 9.78 Å². The van der Waals surface area contributed by atoms with E-state index in [2.05, 4.69) is 26.0 Å². The van der Waals surface area contributed by atoms with E-state index in [1.807, 2.05) is 6.07 Å². The van der Waals surface area contributed by atoms with Crippen LogP contribution in [0.1, 0.15) is 10.4 Å². The van der Waals surface area contributed by atoms with Crippen molar-refractivity contribution < 1.29 is 9.90 Å². The van der Waals surface area contributed by atoms with Gasteiger partial charge in [0.15, 0.2) is 0 Å². The fourth-order valence-electron chi connectivity index (χ4n) is 2.17. The molecule has 100 valence electrons. The van der Waals surface area contributed by atoms with Crippen molar-refractivity contribution >= 4 is 32.8 Å². The molecule has 3 rings (SSSR count). The van der Waals surface area contributed by atoms with Gasteiger partial charge in [0.2, 0.25) is 0 Å². The lowest BCUT2D eigenvalue weighted by atomic mass is 10.1. The summed E-state index contributed by atoms with van der Waals surface area (Å²) in [6.07, 6.45) is 1.66. The van der Waals surface area contributed by atoms with Crippen molar-refractivity contribution in [2.24, 2.45) is 7.05 Å². The summed E-state index contributed by atoms with van der Waals surface area (Å²) in [5.41, 5.74) is 2.22. The van der Waals surface area contributed by atoms with E-state index in [4.69, 9.17) is 0 Å². The number of carboxylic acid groups (broad SMARTS) is 1. The molecule has 20 heavy (non-hydrogen) atoms. The number of fused-ring (bicyclic) bond motifs is 1. The van der Waals surface area contributed by atoms with E-state index in [1.54, 1.807) is 42.2 Å². The van der Waals surface area contributed by atoms with E-state index in [0.717, 1.165) is 10.2 Å². The number of carbonyl (C=O) groups is 1. The second-order valence-corrected chi connectivity index (χ2v) is 5.19. The van der Waals surface area contributed by atoms with Crippen LogP contribution in [0.4, 0.5) is 0 Å². The maximum atomic E-state index is 11.5. The van der Waals surface area contributed by atoms with Crippen molar-refractivity contribution in [1.82, 2.24) is 14.8 Å². The molecule has 0 aliphatic heterocycles. The van der Waals surface area contributed by atoms with Crippen molar-refractivity contribution in [3.8, 4) is 11.4 Å². The van der Waals surface area contributed by atoms with Crippen LogP contribution in [0.5, 0.6) is 0 Å². The summed E-state index contributed by atoms with van der Waals surface area (Å²) in [6.45, 7) is 0. The molecule has 0 spiro atoms. The third-order valence-electron chi connectivity index (χ3n) is 3.10. The van der Waals surface area contributed by atoms with Crippen LogP contribution in [-0.2, 0) is 7.05 Å². The lowest BCUT2D eigenvalue weighted by molar-refractivity contribution is 0.0699. The molecule has 2 heterocycles. The topological polar surface area (TPSA) is 68.0 Å². The summed E-state index contributed by atoms with van der Waals surface area (Å²) >= 11 is 3.38. The normalized spacial score (nSPS) is 10.9. The van der Waals surface area contributed by atoms with Gasteiger partial charge in [-0.3, -0.25) is 4.68 Å². The average molecular weight is 332 g/mol. The van der Waals surface area contributed by atoms with Gasteiger partial charge in [0, 0.05) is 23.1 Å². The first-order chi connectivity index (χ1) is 9.58. The first-order valence-electron chi connectivity index (χ1n) is 5.89. The predicted molar refractivity (Wildman–Crippen MR) is 78.6 cm³/mol. The smallest absolute Gasteiger partial charge is 0.336 e. The minimum Gasteiger partial charge on any atom is -0.478 e. The number of aromatic carboxylic acids is 1. The first kappa shape index (κ1) is 12.8. The standard InChI is InChI=1S/C14H10BrN3O2/c1-18-12(5-6-16-18)11-7-8(14(19)20)13-9(15)3-2-4-10(13)17-11/h2-7H,1H3,(H,19,20). The van der Waals surface area contributed by atoms with Gasteiger partial charge in [-0.2, -0.15) is 5.10 Å². The number of halogens is 1. The third kappa shape index (κ3) is 1.98. The summed E-state index contributed by atoms with van der Waals surface area (Å²) in [4.78, 5) is 16.0. The number of aromatic nitrogens is 3. The van der Waals surface area contributed by atoms with Crippen LogP contribution in [0.15, 0.2) is 41.0 Å². The number of carboxylic acids is 1. The van der Waals surface area contributed by atoms with E-state index in [9.17, 15) is 9.90 Å². The van der Waals surface area contributed by atoms with E-state index in [1.165, 1.54) is 0 Å². The van der Waals surface area contributed by atoms with Crippen LogP contribution >= 0.6 is 15.9 Å². The summed E-state index contributed by atoms with van der Waals surface area (Å²) < 4.78 is 2.38. The average Bonchev–Trinajstić information content (AvgIpc) is 2.84. The highest BCUT2D eigenvalue weighted by Gasteiger charge is 2.16. The molecular weight excluding hydrogens is 322 g/mol. The Labute approximate surface area is 123 Å². The predicted octanol–water partition coefficient (Wildman–Crippen LogP) is 3.10. The highest BCUT2D eigenvalue weighted by Crippen LogP contribution is 2.29. The molecule has 1 aromatic carbocycles. The number of aryl methyl sites for hydroxylation is 1. The molecule has 0 saturated carbocycles. The molecule has 0 aliphatic carbocycles. The maximum absolute atomic E-state index is 11.5. The van der Waals surface area contributed by atoms with Gasteiger partial charge in [0.1, 0.15) is 0 Å². The number of nitrogens with zero attached hydrogens (tertiary/aromatic N) is 3. The Bertz CT molecular complexity index is 826. The van der Waals surface area contributed by atoms with E-state index < -0.39 is 5.97 Å². The molecule has 0 saturated heterocycles. The van der Waals surface area contributed by atoms with Gasteiger partial charge in [0.05, 0.1) is 22.5 Å². The molecule has 6 heteroatoms. The molecule has 0 radical (unpaired) electrons. The van der Waals surface area contributed by atoms with Crippen LogP contribution in [-0.4, -0.2) is 25.8 Å². The zero-order chi connectivity index (χ0) is 14.3. The molecular formula is C14H10BrN3O2. The van der Waals surface area contributed by atoms with Crippen LogP contribution in [0.25, 0.3) is 22.3 Å². The van der Waals surface area contributed by atoms with Gasteiger partial charge in [-0.15, -0.1) is 0 Å². The number of hydrogen-bond donors (Lipinski definition) is 1. The molecule has 5 nitrogen and oxygen atoms in total. The summed E-state index contributed by atoms with van der Waals surface area (Å²) in [7, 11) is 1.79. The minimum absolute atomic E-state index is 0.221. The largest absolute Gasteiger partial charge is 0.478 e. The molecule has 0 amide bonds. The second-order valence-electron chi connectivity index (χ2n) is 4.33. The molecule has 1 N–H and O–H groups in total. The van der Waals surface area contributed by atoms with Gasteiger partial charge in [-0.05, 0) is 24.3 Å². The molecule has 3 aromatic rings. The molecule has 0 bridgehead atoms. The molecule has 0 unspecified atom stereocenters. The fourth-order valence-corrected chi connectivity index (χ4v) is 2.74. The number of hydrogen-bond acceptors (Lipinski definition) is 3. The third-order valence-corrected chi connectivity index (χ3v) is 3.76. The van der Waals surface area contributed by atoms with Crippen LogP contribution < -0.4 is 0 Å². The van der Waals surface area contributed by atoms with Crippen molar-refractivity contribution in [3.63, 3.8) is 0 Å². The monoisotopic (exact) mass is 331 g/mol. The molecule has 0 atom stereocenters. The number of rotatable bonds is 2. The van der Waals surface area contributed by atoms with E-state index >= 15 is 0 Å². The van der Waals surface area contributed by atoms with Gasteiger partial charge in [-0.1, -0.05) is 22.0 Å². The summed E-state index contributed by atoms with van der Waals surface area (Å²) in [5, 5.41) is 14.1. The zero-order valence-electron chi connectivity index (χ0n) is 10.5. The molecule has 0 fully saturated rings. The van der Waals surface area contributed by atoms with E-state index in [-0.39, 0.29) is 5.56 Å². The van der Waals surface area contributed by atoms with Crippen molar-refractivity contribution in [2.75, 3.05) is 0 Å². The Hall–Kier alpha value is -2.21. The number of pyridine rings is 1. The lowest BCUT2D eigenvalue weighted by Gasteiger charge is -2.08. The highest BCUT2D eigenvalue weighted by molar-refractivity contribution is 9.10. The molecule has 0 aliphatic rings. The zero-order valence-corrected chi connectivity index (χ0v) is 12.1. The SMILES string of the molecule is Cn1nccc1-c1cc(C(=O)O)c2c(Br)cccc2n1. The van der Waals surface area contributed by atoms with Crippen molar-refractivity contribution in [3.05, 3.63) is 46.6 Å². The fraction of sp³-hybridized carbons (Fsp3) is 0.0714. The number of benzene rings is 1. The Morgan fingerprint density at radius 3 is 2.80 bits per heavy atom. The van der Waals surface area contributed by atoms with Crippen molar-refractivity contribution in [2.45, 2.75) is 0 Å². The highest BCUT2D eigenvalue weighted by atomic mass is 79.9. The van der Waals surface area contributed by atoms with Gasteiger partial charge < -0.3 is 5.11 Å². The summed E-state index contributed by atoms with van der Waals surface area (Å²) in [5.74, 6) is -0.979. The maximum Gasteiger partial charge on any atom is 0.336 e.